The molecule has 0 heterocycles. The van der Waals surface area contributed by atoms with Crippen molar-refractivity contribution in [1.29, 1.82) is 0 Å². The van der Waals surface area contributed by atoms with Gasteiger partial charge in [0.2, 0.25) is 0 Å². The van der Waals surface area contributed by atoms with Crippen molar-refractivity contribution in [3.63, 3.8) is 0 Å². The molecular formula is C16H18BrN. The van der Waals surface area contributed by atoms with E-state index in [1.807, 2.05) is 6.07 Å². The lowest BCUT2D eigenvalue weighted by Gasteiger charge is -2.17. The van der Waals surface area contributed by atoms with E-state index in [9.17, 15) is 0 Å². The summed E-state index contributed by atoms with van der Waals surface area (Å²) >= 11 is 3.59. The molecule has 0 unspecified atom stereocenters. The molecule has 0 atom stereocenters. The van der Waals surface area contributed by atoms with E-state index in [1.54, 1.807) is 0 Å². The Hall–Kier alpha value is -1.12. The average Bonchev–Trinajstić information content (AvgIpc) is 2.35. The third kappa shape index (κ3) is 3.69. The molecule has 2 aromatic carbocycles. The van der Waals surface area contributed by atoms with E-state index in [1.165, 1.54) is 21.2 Å². The van der Waals surface area contributed by atoms with E-state index >= 15 is 0 Å². The fourth-order valence-corrected chi connectivity index (χ4v) is 2.39. The summed E-state index contributed by atoms with van der Waals surface area (Å²) in [6.45, 7) is 4.05. The van der Waals surface area contributed by atoms with Crippen LogP contribution in [0.2, 0.25) is 0 Å². The minimum absolute atomic E-state index is 0.954. The number of benzene rings is 2. The zero-order valence-corrected chi connectivity index (χ0v) is 12.4. The van der Waals surface area contributed by atoms with Gasteiger partial charge in [0.15, 0.2) is 0 Å². The summed E-state index contributed by atoms with van der Waals surface area (Å²) in [5.74, 6) is 0. The minimum atomic E-state index is 0.954. The van der Waals surface area contributed by atoms with E-state index < -0.39 is 0 Å². The van der Waals surface area contributed by atoms with Crippen LogP contribution in [0.1, 0.15) is 16.7 Å². The molecule has 0 fully saturated rings. The Kier molecular flexibility index (Phi) is 4.56. The van der Waals surface area contributed by atoms with Crippen molar-refractivity contribution in [2.45, 2.75) is 20.0 Å². The minimum Gasteiger partial charge on any atom is -0.298 e. The molecule has 0 saturated carbocycles. The highest BCUT2D eigenvalue weighted by Crippen LogP contribution is 2.18. The standard InChI is InChI=1S/C16H18BrN/c1-13-7-9-14(10-8-13)11-18(2)12-15-5-3-4-6-16(15)17/h3-10H,11-12H2,1-2H3. The first-order valence-corrected chi connectivity index (χ1v) is 6.92. The van der Waals surface area contributed by atoms with Crippen molar-refractivity contribution in [2.24, 2.45) is 0 Å². The van der Waals surface area contributed by atoms with Crippen molar-refractivity contribution < 1.29 is 0 Å². The first kappa shape index (κ1) is 13.3. The Labute approximate surface area is 118 Å². The summed E-state index contributed by atoms with van der Waals surface area (Å²) in [6.07, 6.45) is 0. The molecule has 94 valence electrons. The lowest BCUT2D eigenvalue weighted by molar-refractivity contribution is 0.318. The van der Waals surface area contributed by atoms with Crippen LogP contribution in [0, 0.1) is 6.92 Å². The molecule has 18 heavy (non-hydrogen) atoms. The van der Waals surface area contributed by atoms with Gasteiger partial charge in [-0.25, -0.2) is 0 Å². The first-order chi connectivity index (χ1) is 8.65. The molecule has 0 aliphatic heterocycles. The second-order valence-corrected chi connectivity index (χ2v) is 5.60. The molecule has 0 aromatic heterocycles. The van der Waals surface area contributed by atoms with Crippen molar-refractivity contribution in [1.82, 2.24) is 4.90 Å². The SMILES string of the molecule is Cc1ccc(CN(C)Cc2ccccc2Br)cc1. The van der Waals surface area contributed by atoms with Crippen LogP contribution in [0.15, 0.2) is 53.0 Å². The second-order valence-electron chi connectivity index (χ2n) is 4.75. The van der Waals surface area contributed by atoms with Crippen molar-refractivity contribution in [3.05, 3.63) is 69.7 Å². The molecule has 1 nitrogen and oxygen atoms in total. The summed E-state index contributed by atoms with van der Waals surface area (Å²) < 4.78 is 1.18. The molecule has 0 radical (unpaired) electrons. The summed E-state index contributed by atoms with van der Waals surface area (Å²) in [5, 5.41) is 0. The maximum absolute atomic E-state index is 3.59. The molecule has 2 heteroatoms. The predicted octanol–water partition coefficient (Wildman–Crippen LogP) is 4.39. The third-order valence-corrected chi connectivity index (χ3v) is 3.74. The summed E-state index contributed by atoms with van der Waals surface area (Å²) in [5.41, 5.74) is 3.99. The fraction of sp³-hybridized carbons (Fsp3) is 0.250. The van der Waals surface area contributed by atoms with Crippen molar-refractivity contribution in [3.8, 4) is 0 Å². The Morgan fingerprint density at radius 3 is 2.28 bits per heavy atom. The molecule has 0 amide bonds. The Morgan fingerprint density at radius 2 is 1.61 bits per heavy atom. The van der Waals surface area contributed by atoms with E-state index in [4.69, 9.17) is 0 Å². The molecule has 2 rings (SSSR count). The van der Waals surface area contributed by atoms with Crippen LogP contribution in [0.3, 0.4) is 0 Å². The molecule has 0 N–H and O–H groups in total. The van der Waals surface area contributed by atoms with Crippen LogP contribution in [0.4, 0.5) is 0 Å². The zero-order valence-electron chi connectivity index (χ0n) is 10.9. The quantitative estimate of drug-likeness (QED) is 0.810. The number of nitrogens with zero attached hydrogens (tertiary/aromatic N) is 1. The Bertz CT molecular complexity index is 505. The highest BCUT2D eigenvalue weighted by molar-refractivity contribution is 9.10. The van der Waals surface area contributed by atoms with E-state index in [2.05, 4.69) is 77.3 Å². The van der Waals surface area contributed by atoms with Gasteiger partial charge in [-0.1, -0.05) is 64.0 Å². The second kappa shape index (κ2) is 6.17. The lowest BCUT2D eigenvalue weighted by atomic mass is 10.1. The van der Waals surface area contributed by atoms with Crippen molar-refractivity contribution in [2.75, 3.05) is 7.05 Å². The number of rotatable bonds is 4. The average molecular weight is 304 g/mol. The fourth-order valence-electron chi connectivity index (χ4n) is 1.98. The number of hydrogen-bond donors (Lipinski definition) is 0. The van der Waals surface area contributed by atoms with Gasteiger partial charge in [0, 0.05) is 17.6 Å². The zero-order chi connectivity index (χ0) is 13.0. The molecule has 2 aromatic rings. The van der Waals surface area contributed by atoms with Gasteiger partial charge in [0.05, 0.1) is 0 Å². The Morgan fingerprint density at radius 1 is 0.944 bits per heavy atom. The van der Waals surface area contributed by atoms with Crippen LogP contribution in [0.5, 0.6) is 0 Å². The lowest BCUT2D eigenvalue weighted by Crippen LogP contribution is -2.17. The van der Waals surface area contributed by atoms with Crippen LogP contribution in [-0.2, 0) is 13.1 Å². The Balaban J connectivity index is 1.99. The van der Waals surface area contributed by atoms with Crippen LogP contribution >= 0.6 is 15.9 Å². The van der Waals surface area contributed by atoms with Crippen LogP contribution in [-0.4, -0.2) is 11.9 Å². The summed E-state index contributed by atoms with van der Waals surface area (Å²) in [4.78, 5) is 2.32. The molecule has 0 bridgehead atoms. The topological polar surface area (TPSA) is 3.24 Å². The molecular weight excluding hydrogens is 286 g/mol. The van der Waals surface area contributed by atoms with Gasteiger partial charge in [0.1, 0.15) is 0 Å². The van der Waals surface area contributed by atoms with Gasteiger partial charge in [-0.15, -0.1) is 0 Å². The van der Waals surface area contributed by atoms with Gasteiger partial charge in [-0.3, -0.25) is 4.90 Å². The number of hydrogen-bond acceptors (Lipinski definition) is 1. The van der Waals surface area contributed by atoms with Crippen LogP contribution < -0.4 is 0 Å². The maximum atomic E-state index is 3.59. The van der Waals surface area contributed by atoms with E-state index in [0.717, 1.165) is 13.1 Å². The summed E-state index contributed by atoms with van der Waals surface area (Å²) in [7, 11) is 2.15. The van der Waals surface area contributed by atoms with Gasteiger partial charge >= 0.3 is 0 Å². The van der Waals surface area contributed by atoms with Crippen LogP contribution in [0.25, 0.3) is 0 Å². The highest BCUT2D eigenvalue weighted by Gasteiger charge is 2.04. The van der Waals surface area contributed by atoms with Gasteiger partial charge in [-0.05, 0) is 31.2 Å². The highest BCUT2D eigenvalue weighted by atomic mass is 79.9. The largest absolute Gasteiger partial charge is 0.298 e. The monoisotopic (exact) mass is 303 g/mol. The van der Waals surface area contributed by atoms with E-state index in [0.29, 0.717) is 0 Å². The van der Waals surface area contributed by atoms with Crippen molar-refractivity contribution >= 4 is 15.9 Å². The smallest absolute Gasteiger partial charge is 0.0245 e. The van der Waals surface area contributed by atoms with Gasteiger partial charge in [-0.2, -0.15) is 0 Å². The molecule has 0 aliphatic carbocycles. The molecule has 0 saturated heterocycles. The number of halogens is 1. The molecule has 0 spiro atoms. The predicted molar refractivity (Wildman–Crippen MR) is 80.5 cm³/mol. The maximum Gasteiger partial charge on any atom is 0.0245 e. The normalized spacial score (nSPS) is 10.9. The van der Waals surface area contributed by atoms with Gasteiger partial charge in [0.25, 0.3) is 0 Å². The van der Waals surface area contributed by atoms with E-state index in [-0.39, 0.29) is 0 Å². The number of aryl methyl sites for hydroxylation is 1. The van der Waals surface area contributed by atoms with Gasteiger partial charge < -0.3 is 0 Å². The summed E-state index contributed by atoms with van der Waals surface area (Å²) in [6, 6.07) is 17.1. The molecule has 0 aliphatic rings. The first-order valence-electron chi connectivity index (χ1n) is 6.12. The third-order valence-electron chi connectivity index (χ3n) is 2.97.